The zero-order valence-electron chi connectivity index (χ0n) is 8.88. The van der Waals surface area contributed by atoms with Crippen molar-refractivity contribution in [3.05, 3.63) is 0 Å². The highest BCUT2D eigenvalue weighted by molar-refractivity contribution is 4.91. The molecule has 0 bridgehead atoms. The molecule has 0 aliphatic carbocycles. The van der Waals surface area contributed by atoms with E-state index >= 15 is 0 Å². The van der Waals surface area contributed by atoms with Crippen LogP contribution < -0.4 is 0 Å². The lowest BCUT2D eigenvalue weighted by molar-refractivity contribution is -0.147. The van der Waals surface area contributed by atoms with Crippen molar-refractivity contribution in [2.24, 2.45) is 0 Å². The maximum Gasteiger partial charge on any atom is 0.0812 e. The normalized spacial score (nSPS) is 42.5. The van der Waals surface area contributed by atoms with Crippen molar-refractivity contribution in [3.63, 3.8) is 0 Å². The first-order valence-electron chi connectivity index (χ1n) is 5.57. The van der Waals surface area contributed by atoms with Crippen molar-refractivity contribution in [1.29, 1.82) is 0 Å². The van der Waals surface area contributed by atoms with Crippen LogP contribution in [-0.4, -0.2) is 36.7 Å². The second-order valence-electron chi connectivity index (χ2n) is 4.85. The number of nitrogens with zero attached hydrogens (tertiary/aromatic N) is 1. The Morgan fingerprint density at radius 2 is 2.08 bits per heavy atom. The lowest BCUT2D eigenvalue weighted by Crippen LogP contribution is -2.51. The van der Waals surface area contributed by atoms with Gasteiger partial charge in [0, 0.05) is 6.54 Å². The van der Waals surface area contributed by atoms with Crippen LogP contribution in [0, 0.1) is 0 Å². The van der Waals surface area contributed by atoms with E-state index in [1.165, 1.54) is 38.6 Å². The number of rotatable bonds is 0. The molecule has 2 fully saturated rings. The molecule has 0 aromatic rings. The predicted molar refractivity (Wildman–Crippen MR) is 53.9 cm³/mol. The van der Waals surface area contributed by atoms with Crippen molar-refractivity contribution in [2.45, 2.75) is 50.7 Å². The van der Waals surface area contributed by atoms with Gasteiger partial charge in [0.2, 0.25) is 0 Å². The first kappa shape index (κ1) is 9.47. The van der Waals surface area contributed by atoms with Crippen molar-refractivity contribution in [2.75, 3.05) is 20.1 Å². The number of likely N-dealkylation sites (tertiary alicyclic amines) is 1. The molecule has 76 valence electrons. The van der Waals surface area contributed by atoms with Gasteiger partial charge in [0.05, 0.1) is 11.7 Å². The Balaban J connectivity index is 2.00. The maximum atomic E-state index is 6.14. The monoisotopic (exact) mass is 183 g/mol. The SMILES string of the molecule is CC1CCCC2(CCCN(C)C2)O1. The van der Waals surface area contributed by atoms with Gasteiger partial charge in [-0.15, -0.1) is 0 Å². The molecular weight excluding hydrogens is 162 g/mol. The van der Waals surface area contributed by atoms with Crippen LogP contribution >= 0.6 is 0 Å². The minimum atomic E-state index is 0.227. The third kappa shape index (κ3) is 2.05. The summed E-state index contributed by atoms with van der Waals surface area (Å²) in [7, 11) is 2.21. The summed E-state index contributed by atoms with van der Waals surface area (Å²) in [5.74, 6) is 0. The summed E-state index contributed by atoms with van der Waals surface area (Å²) in [6, 6.07) is 0. The van der Waals surface area contributed by atoms with E-state index in [0.717, 1.165) is 6.54 Å². The Labute approximate surface area is 81.3 Å². The highest BCUT2D eigenvalue weighted by Crippen LogP contribution is 2.35. The molecule has 2 aliphatic heterocycles. The smallest absolute Gasteiger partial charge is 0.0812 e. The number of hydrogen-bond acceptors (Lipinski definition) is 2. The summed E-state index contributed by atoms with van der Waals surface area (Å²) >= 11 is 0. The van der Waals surface area contributed by atoms with Gasteiger partial charge in [0.15, 0.2) is 0 Å². The lowest BCUT2D eigenvalue weighted by Gasteiger charge is -2.45. The van der Waals surface area contributed by atoms with E-state index in [9.17, 15) is 0 Å². The van der Waals surface area contributed by atoms with Gasteiger partial charge in [0.1, 0.15) is 0 Å². The van der Waals surface area contributed by atoms with E-state index in [2.05, 4.69) is 18.9 Å². The molecule has 0 radical (unpaired) electrons. The molecule has 0 saturated carbocycles. The Morgan fingerprint density at radius 1 is 1.31 bits per heavy atom. The summed E-state index contributed by atoms with van der Waals surface area (Å²) in [4.78, 5) is 2.42. The van der Waals surface area contributed by atoms with Crippen LogP contribution in [-0.2, 0) is 4.74 Å². The molecule has 2 rings (SSSR count). The number of piperidine rings is 1. The Morgan fingerprint density at radius 3 is 2.77 bits per heavy atom. The van der Waals surface area contributed by atoms with E-state index in [0.29, 0.717) is 6.10 Å². The maximum absolute atomic E-state index is 6.14. The van der Waals surface area contributed by atoms with Crippen molar-refractivity contribution >= 4 is 0 Å². The summed E-state index contributed by atoms with van der Waals surface area (Å²) in [5.41, 5.74) is 0.227. The highest BCUT2D eigenvalue weighted by atomic mass is 16.5. The molecule has 1 spiro atoms. The van der Waals surface area contributed by atoms with Crippen LogP contribution in [0.5, 0.6) is 0 Å². The van der Waals surface area contributed by atoms with Gasteiger partial charge in [-0.1, -0.05) is 0 Å². The van der Waals surface area contributed by atoms with Gasteiger partial charge in [0.25, 0.3) is 0 Å². The summed E-state index contributed by atoms with van der Waals surface area (Å²) in [6.45, 7) is 4.62. The Kier molecular flexibility index (Phi) is 2.61. The molecule has 0 amide bonds. The van der Waals surface area contributed by atoms with Gasteiger partial charge in [-0.25, -0.2) is 0 Å². The molecule has 0 N–H and O–H groups in total. The number of hydrogen-bond donors (Lipinski definition) is 0. The quantitative estimate of drug-likeness (QED) is 0.570. The van der Waals surface area contributed by atoms with Crippen LogP contribution in [0.15, 0.2) is 0 Å². The van der Waals surface area contributed by atoms with E-state index < -0.39 is 0 Å². The molecule has 2 aliphatic rings. The molecule has 2 heteroatoms. The third-order valence-corrected chi connectivity index (χ3v) is 3.42. The standard InChI is InChI=1S/C11H21NO/c1-10-5-3-6-11(13-10)7-4-8-12(2)9-11/h10H,3-9H2,1-2H3. The lowest BCUT2D eigenvalue weighted by atomic mass is 9.85. The van der Waals surface area contributed by atoms with Gasteiger partial charge in [-0.3, -0.25) is 0 Å². The number of likely N-dealkylation sites (N-methyl/N-ethyl adjacent to an activating group) is 1. The van der Waals surface area contributed by atoms with Crippen molar-refractivity contribution in [1.82, 2.24) is 4.90 Å². The van der Waals surface area contributed by atoms with E-state index in [1.54, 1.807) is 0 Å². The first-order valence-corrected chi connectivity index (χ1v) is 5.57. The molecule has 2 saturated heterocycles. The fraction of sp³-hybridized carbons (Fsp3) is 1.00. The molecule has 13 heavy (non-hydrogen) atoms. The third-order valence-electron chi connectivity index (χ3n) is 3.42. The fourth-order valence-electron chi connectivity index (χ4n) is 2.88. The van der Waals surface area contributed by atoms with Crippen molar-refractivity contribution in [3.8, 4) is 0 Å². The molecule has 2 unspecified atom stereocenters. The van der Waals surface area contributed by atoms with Gasteiger partial charge < -0.3 is 9.64 Å². The van der Waals surface area contributed by atoms with E-state index in [1.807, 2.05) is 0 Å². The minimum absolute atomic E-state index is 0.227. The number of ether oxygens (including phenoxy) is 1. The topological polar surface area (TPSA) is 12.5 Å². The average Bonchev–Trinajstić information content (AvgIpc) is 2.02. The zero-order chi connectivity index (χ0) is 9.31. The largest absolute Gasteiger partial charge is 0.371 e. The van der Waals surface area contributed by atoms with Crippen LogP contribution in [0.4, 0.5) is 0 Å². The van der Waals surface area contributed by atoms with Crippen LogP contribution in [0.25, 0.3) is 0 Å². The Bertz CT molecular complexity index is 161. The van der Waals surface area contributed by atoms with Crippen LogP contribution in [0.1, 0.15) is 39.0 Å². The predicted octanol–water partition coefficient (Wildman–Crippen LogP) is 2.04. The van der Waals surface area contributed by atoms with E-state index in [-0.39, 0.29) is 5.60 Å². The second-order valence-corrected chi connectivity index (χ2v) is 4.85. The van der Waals surface area contributed by atoms with Crippen molar-refractivity contribution < 1.29 is 4.74 Å². The Hall–Kier alpha value is -0.0800. The molecule has 2 nitrogen and oxygen atoms in total. The second kappa shape index (κ2) is 3.58. The zero-order valence-corrected chi connectivity index (χ0v) is 8.88. The molecule has 2 atom stereocenters. The molecule has 0 aromatic heterocycles. The van der Waals surface area contributed by atoms with Gasteiger partial charge in [-0.2, -0.15) is 0 Å². The summed E-state index contributed by atoms with van der Waals surface area (Å²) < 4.78 is 6.14. The average molecular weight is 183 g/mol. The van der Waals surface area contributed by atoms with E-state index in [4.69, 9.17) is 4.74 Å². The summed E-state index contributed by atoms with van der Waals surface area (Å²) in [6.07, 6.45) is 6.97. The molecule has 2 heterocycles. The fourth-order valence-corrected chi connectivity index (χ4v) is 2.88. The van der Waals surface area contributed by atoms with Gasteiger partial charge in [-0.05, 0) is 52.6 Å². The minimum Gasteiger partial charge on any atom is -0.371 e. The van der Waals surface area contributed by atoms with Gasteiger partial charge >= 0.3 is 0 Å². The van der Waals surface area contributed by atoms with Crippen LogP contribution in [0.3, 0.4) is 0 Å². The molecular formula is C11H21NO. The first-order chi connectivity index (χ1) is 6.20. The molecule has 0 aromatic carbocycles. The van der Waals surface area contributed by atoms with Crippen LogP contribution in [0.2, 0.25) is 0 Å². The highest BCUT2D eigenvalue weighted by Gasteiger charge is 2.38. The summed E-state index contributed by atoms with van der Waals surface area (Å²) in [5, 5.41) is 0.